The van der Waals surface area contributed by atoms with Gasteiger partial charge >= 0.3 is 31.2 Å². The summed E-state index contributed by atoms with van der Waals surface area (Å²) < 4.78 is 119. The van der Waals surface area contributed by atoms with Crippen molar-refractivity contribution in [1.82, 2.24) is 5.32 Å². The standard InChI is InChI=1S/C19H35NO15S3/c1-3-4-5-6-7-8-9-10-11-12-31-19-16(20-14(2)21)18(35-38(28,29)30)17(34-37(25,26)27)15(33-19)13-32-36(22,23)24/h3,15-19H,1,4-13H2,2H3,(H,20,21)(H,22,23,24)(H,25,26,27)(H,28,29,30)/t15-,16-,17-,18-,19+/m1/s1. The van der Waals surface area contributed by atoms with Crippen molar-refractivity contribution in [2.75, 3.05) is 13.2 Å². The van der Waals surface area contributed by atoms with Crippen molar-refractivity contribution in [1.29, 1.82) is 0 Å². The van der Waals surface area contributed by atoms with E-state index in [1.807, 2.05) is 6.08 Å². The molecule has 4 N–H and O–H groups in total. The van der Waals surface area contributed by atoms with Crippen LogP contribution in [0.25, 0.3) is 0 Å². The number of hydrogen-bond donors (Lipinski definition) is 4. The highest BCUT2D eigenvalue weighted by Crippen LogP contribution is 2.29. The van der Waals surface area contributed by atoms with Gasteiger partial charge in [0.15, 0.2) is 6.29 Å². The summed E-state index contributed by atoms with van der Waals surface area (Å²) >= 11 is 0. The Morgan fingerprint density at radius 1 is 0.868 bits per heavy atom. The predicted octanol–water partition coefficient (Wildman–Crippen LogP) is 0.735. The zero-order valence-electron chi connectivity index (χ0n) is 20.7. The highest BCUT2D eigenvalue weighted by molar-refractivity contribution is 7.81. The summed E-state index contributed by atoms with van der Waals surface area (Å²) in [6.45, 7) is 3.53. The normalized spacial score (nSPS) is 24.7. The first-order valence-electron chi connectivity index (χ1n) is 11.6. The van der Waals surface area contributed by atoms with Gasteiger partial charge in [-0.15, -0.1) is 6.58 Å². The van der Waals surface area contributed by atoms with E-state index in [9.17, 15) is 34.6 Å². The van der Waals surface area contributed by atoms with Crippen molar-refractivity contribution >= 4 is 37.1 Å². The van der Waals surface area contributed by atoms with Crippen LogP contribution in [0.1, 0.15) is 58.3 Å². The molecular formula is C19H35NO15S3. The molecule has 224 valence electrons. The molecule has 1 amide bonds. The maximum absolute atomic E-state index is 11.8. The number of carbonyl (C=O) groups is 1. The third-order valence-electron chi connectivity index (χ3n) is 5.20. The summed E-state index contributed by atoms with van der Waals surface area (Å²) in [4.78, 5) is 11.8. The lowest BCUT2D eigenvalue weighted by atomic mass is 9.97. The van der Waals surface area contributed by atoms with Crippen LogP contribution in [-0.2, 0) is 58.0 Å². The lowest BCUT2D eigenvalue weighted by Gasteiger charge is -2.44. The molecule has 0 bridgehead atoms. The van der Waals surface area contributed by atoms with Gasteiger partial charge in [0, 0.05) is 13.5 Å². The van der Waals surface area contributed by atoms with Crippen LogP contribution in [0, 0.1) is 0 Å². The van der Waals surface area contributed by atoms with Crippen LogP contribution in [0.15, 0.2) is 12.7 Å². The summed E-state index contributed by atoms with van der Waals surface area (Å²) in [7, 11) is -15.8. The number of nitrogens with one attached hydrogen (secondary N) is 1. The molecule has 1 heterocycles. The van der Waals surface area contributed by atoms with Crippen LogP contribution < -0.4 is 5.32 Å². The summed E-state index contributed by atoms with van der Waals surface area (Å²) in [6.07, 6.45) is 1.29. The Hall–Kier alpha value is -1.26. The number of hydrogen-bond acceptors (Lipinski definition) is 12. The Morgan fingerprint density at radius 3 is 1.89 bits per heavy atom. The minimum Gasteiger partial charge on any atom is -0.350 e. The highest BCUT2D eigenvalue weighted by atomic mass is 32.3. The Labute approximate surface area is 222 Å². The minimum absolute atomic E-state index is 0.00547. The second-order valence-electron chi connectivity index (χ2n) is 8.38. The van der Waals surface area contributed by atoms with Gasteiger partial charge in [-0.2, -0.15) is 25.3 Å². The van der Waals surface area contributed by atoms with Gasteiger partial charge in [-0.1, -0.05) is 38.2 Å². The van der Waals surface area contributed by atoms with Crippen molar-refractivity contribution in [3.63, 3.8) is 0 Å². The first-order chi connectivity index (χ1) is 17.5. The molecule has 1 rings (SSSR count). The summed E-state index contributed by atoms with van der Waals surface area (Å²) in [5, 5.41) is 2.24. The van der Waals surface area contributed by atoms with Crippen LogP contribution in [-0.4, -0.2) is 88.7 Å². The molecule has 0 unspecified atom stereocenters. The van der Waals surface area contributed by atoms with Gasteiger partial charge in [0.25, 0.3) is 0 Å². The molecule has 1 fully saturated rings. The van der Waals surface area contributed by atoms with Crippen LogP contribution in [0.2, 0.25) is 0 Å². The van der Waals surface area contributed by atoms with E-state index in [4.69, 9.17) is 18.6 Å². The van der Waals surface area contributed by atoms with Crippen molar-refractivity contribution in [2.45, 2.75) is 88.9 Å². The molecule has 19 heteroatoms. The van der Waals surface area contributed by atoms with Gasteiger partial charge in [0.1, 0.15) is 24.4 Å². The van der Waals surface area contributed by atoms with E-state index < -0.39 is 74.4 Å². The molecule has 0 radical (unpaired) electrons. The van der Waals surface area contributed by atoms with E-state index in [-0.39, 0.29) is 6.61 Å². The molecular weight excluding hydrogens is 578 g/mol. The van der Waals surface area contributed by atoms with Crippen molar-refractivity contribution < 1.29 is 65.7 Å². The average Bonchev–Trinajstić information content (AvgIpc) is 2.75. The van der Waals surface area contributed by atoms with Gasteiger partial charge in [0.2, 0.25) is 5.91 Å². The highest BCUT2D eigenvalue weighted by Gasteiger charge is 2.52. The largest absolute Gasteiger partial charge is 0.397 e. The van der Waals surface area contributed by atoms with E-state index in [0.717, 1.165) is 51.9 Å². The Kier molecular flexibility index (Phi) is 14.7. The van der Waals surface area contributed by atoms with E-state index in [2.05, 4.69) is 24.4 Å². The second-order valence-corrected chi connectivity index (χ2v) is 11.6. The van der Waals surface area contributed by atoms with Gasteiger partial charge in [-0.05, 0) is 19.3 Å². The fourth-order valence-corrected chi connectivity index (χ4v) is 5.04. The van der Waals surface area contributed by atoms with Crippen LogP contribution in [0.5, 0.6) is 0 Å². The Morgan fingerprint density at radius 2 is 1.39 bits per heavy atom. The lowest BCUT2D eigenvalue weighted by molar-refractivity contribution is -0.260. The smallest absolute Gasteiger partial charge is 0.350 e. The third-order valence-corrected chi connectivity index (χ3v) is 6.56. The minimum atomic E-state index is -5.37. The third kappa shape index (κ3) is 15.4. The first kappa shape index (κ1) is 34.8. The zero-order chi connectivity index (χ0) is 29.0. The zero-order valence-corrected chi connectivity index (χ0v) is 23.2. The second kappa shape index (κ2) is 16.1. The summed E-state index contributed by atoms with van der Waals surface area (Å²) in [5.41, 5.74) is 0. The number of ether oxygens (including phenoxy) is 2. The topological polar surface area (TPSA) is 238 Å². The van der Waals surface area contributed by atoms with Crippen molar-refractivity contribution in [2.24, 2.45) is 0 Å². The van der Waals surface area contributed by atoms with Gasteiger partial charge in [0.05, 0.1) is 6.61 Å². The SMILES string of the molecule is C=CCCCCCCCCCO[C@H]1O[C@H](COS(=O)(=O)O)[C@@H](OS(=O)(=O)O)[C@H](OS(=O)(=O)O)[C@H]1NC(C)=O. The molecule has 0 aromatic carbocycles. The summed E-state index contributed by atoms with van der Waals surface area (Å²) in [5.74, 6) is -0.786. The number of amides is 1. The molecule has 16 nitrogen and oxygen atoms in total. The van der Waals surface area contributed by atoms with E-state index >= 15 is 0 Å². The lowest BCUT2D eigenvalue weighted by Crippen LogP contribution is -2.66. The number of carbonyl (C=O) groups excluding carboxylic acids is 1. The van der Waals surface area contributed by atoms with Gasteiger partial charge < -0.3 is 14.8 Å². The molecule has 0 aromatic rings. The molecule has 38 heavy (non-hydrogen) atoms. The van der Waals surface area contributed by atoms with E-state index in [1.54, 1.807) is 0 Å². The van der Waals surface area contributed by atoms with E-state index in [1.165, 1.54) is 0 Å². The number of rotatable bonds is 19. The molecule has 0 spiro atoms. The van der Waals surface area contributed by atoms with Crippen LogP contribution in [0.3, 0.4) is 0 Å². The molecule has 1 aliphatic heterocycles. The predicted molar refractivity (Wildman–Crippen MR) is 130 cm³/mol. The monoisotopic (exact) mass is 613 g/mol. The summed E-state index contributed by atoms with van der Waals surface area (Å²) in [6, 6.07) is -1.65. The number of allylic oxidation sites excluding steroid dienone is 1. The van der Waals surface area contributed by atoms with Gasteiger partial charge in [-0.3, -0.25) is 18.5 Å². The molecule has 0 aromatic heterocycles. The fraction of sp³-hybridized carbons (Fsp3) is 0.842. The maximum atomic E-state index is 11.8. The maximum Gasteiger partial charge on any atom is 0.397 e. The van der Waals surface area contributed by atoms with Gasteiger partial charge in [-0.25, -0.2) is 12.5 Å². The Balaban J connectivity index is 3.05. The van der Waals surface area contributed by atoms with Crippen LogP contribution >= 0.6 is 0 Å². The van der Waals surface area contributed by atoms with Crippen LogP contribution in [0.4, 0.5) is 0 Å². The number of unbranched alkanes of at least 4 members (excludes halogenated alkanes) is 7. The van der Waals surface area contributed by atoms with Crippen molar-refractivity contribution in [3.8, 4) is 0 Å². The van der Waals surface area contributed by atoms with Crippen molar-refractivity contribution in [3.05, 3.63) is 12.7 Å². The molecule has 0 saturated carbocycles. The first-order valence-corrected chi connectivity index (χ1v) is 15.7. The Bertz CT molecular complexity index is 1060. The molecule has 0 aliphatic carbocycles. The molecule has 1 aliphatic rings. The fourth-order valence-electron chi connectivity index (χ4n) is 3.71. The molecule has 1 saturated heterocycles. The molecule has 5 atom stereocenters. The van der Waals surface area contributed by atoms with E-state index in [0.29, 0.717) is 6.42 Å². The average molecular weight is 614 g/mol. The quantitative estimate of drug-likeness (QED) is 0.0892.